The van der Waals surface area contributed by atoms with Gasteiger partial charge in [-0.05, 0) is 31.0 Å². The zero-order chi connectivity index (χ0) is 20.6. The Morgan fingerprint density at radius 1 is 1.24 bits per heavy atom. The van der Waals surface area contributed by atoms with Gasteiger partial charge in [0.2, 0.25) is 5.91 Å². The van der Waals surface area contributed by atoms with Gasteiger partial charge in [0.1, 0.15) is 0 Å². The van der Waals surface area contributed by atoms with E-state index in [4.69, 9.17) is 0 Å². The summed E-state index contributed by atoms with van der Waals surface area (Å²) in [6, 6.07) is 6.73. The second-order valence-electron chi connectivity index (χ2n) is 7.12. The van der Waals surface area contributed by atoms with Gasteiger partial charge in [-0.2, -0.15) is 0 Å². The lowest BCUT2D eigenvalue weighted by molar-refractivity contribution is -0.116. The molecule has 1 aliphatic heterocycles. The highest BCUT2D eigenvalue weighted by Crippen LogP contribution is 2.15. The highest BCUT2D eigenvalue weighted by atomic mass is 19.3. The fourth-order valence-electron chi connectivity index (χ4n) is 3.34. The van der Waals surface area contributed by atoms with Crippen LogP contribution in [0.4, 0.5) is 14.5 Å². The molecule has 3 rings (SSSR count). The molecule has 0 aliphatic carbocycles. The maximum atomic E-state index is 12.5. The van der Waals surface area contributed by atoms with Crippen molar-refractivity contribution in [1.29, 1.82) is 0 Å². The first-order valence-electron chi connectivity index (χ1n) is 9.66. The third-order valence-electron chi connectivity index (χ3n) is 4.88. The second-order valence-corrected chi connectivity index (χ2v) is 7.12. The first-order valence-corrected chi connectivity index (χ1v) is 9.66. The molecule has 2 aromatic rings. The average Bonchev–Trinajstić information content (AvgIpc) is 3.21. The van der Waals surface area contributed by atoms with E-state index in [1.54, 1.807) is 47.9 Å². The van der Waals surface area contributed by atoms with Gasteiger partial charge in [0.05, 0.1) is 12.9 Å². The maximum Gasteiger partial charge on any atom is 0.251 e. The summed E-state index contributed by atoms with van der Waals surface area (Å²) in [7, 11) is 0. The van der Waals surface area contributed by atoms with Crippen molar-refractivity contribution in [3.63, 3.8) is 0 Å². The monoisotopic (exact) mass is 405 g/mol. The fraction of sp³-hybridized carbons (Fsp3) is 0.450. The predicted octanol–water partition coefficient (Wildman–Crippen LogP) is 2.37. The number of rotatable bonds is 8. The van der Waals surface area contributed by atoms with Crippen molar-refractivity contribution in [3.8, 4) is 0 Å². The van der Waals surface area contributed by atoms with E-state index in [1.165, 1.54) is 0 Å². The Bertz CT molecular complexity index is 805. The van der Waals surface area contributed by atoms with E-state index in [-0.39, 0.29) is 24.4 Å². The van der Waals surface area contributed by atoms with Crippen LogP contribution >= 0.6 is 0 Å². The minimum absolute atomic E-state index is 0.0372. The quantitative estimate of drug-likeness (QED) is 0.707. The molecular formula is C20H25F2N5O2. The lowest BCUT2D eigenvalue weighted by Crippen LogP contribution is -2.45. The van der Waals surface area contributed by atoms with E-state index in [1.807, 2.05) is 4.57 Å². The number of likely N-dealkylation sites (tertiary alicyclic amines) is 1. The third kappa shape index (κ3) is 6.63. The van der Waals surface area contributed by atoms with Gasteiger partial charge in [-0.15, -0.1) is 0 Å². The molecule has 0 spiro atoms. The van der Waals surface area contributed by atoms with Crippen molar-refractivity contribution in [3.05, 3.63) is 48.5 Å². The molecule has 0 radical (unpaired) electrons. The van der Waals surface area contributed by atoms with Crippen LogP contribution in [-0.4, -0.2) is 58.4 Å². The summed E-state index contributed by atoms with van der Waals surface area (Å²) in [5.74, 6) is -0.380. The molecule has 9 heteroatoms. The average molecular weight is 405 g/mol. The number of nitrogens with one attached hydrogen (secondary N) is 2. The Balaban J connectivity index is 1.47. The standard InChI is InChI=1S/C20H25F2N5O2/c21-18(22)13-26-8-4-16(5-9-26)25-20(29)15-2-1-3-17(12-15)24-19(28)6-10-27-11-7-23-14-27/h1-3,7,11-12,14,16,18H,4-6,8-10,13H2,(H,24,28)(H,25,29). The summed E-state index contributed by atoms with van der Waals surface area (Å²) in [4.78, 5) is 30.3. The van der Waals surface area contributed by atoms with E-state index < -0.39 is 6.43 Å². The van der Waals surface area contributed by atoms with Crippen LogP contribution in [0.1, 0.15) is 29.6 Å². The van der Waals surface area contributed by atoms with Crippen LogP contribution in [-0.2, 0) is 11.3 Å². The number of imidazole rings is 1. The number of aromatic nitrogens is 2. The van der Waals surface area contributed by atoms with Crippen LogP contribution in [0.15, 0.2) is 43.0 Å². The number of piperidine rings is 1. The van der Waals surface area contributed by atoms with Gasteiger partial charge in [0.15, 0.2) is 0 Å². The lowest BCUT2D eigenvalue weighted by Gasteiger charge is -2.32. The van der Waals surface area contributed by atoms with E-state index in [0.29, 0.717) is 50.1 Å². The molecule has 1 aromatic carbocycles. The van der Waals surface area contributed by atoms with Gasteiger partial charge in [-0.3, -0.25) is 14.5 Å². The molecular weight excluding hydrogens is 380 g/mol. The number of aryl methyl sites for hydroxylation is 1. The highest BCUT2D eigenvalue weighted by Gasteiger charge is 2.23. The lowest BCUT2D eigenvalue weighted by atomic mass is 10.0. The van der Waals surface area contributed by atoms with Gasteiger partial charge < -0.3 is 15.2 Å². The molecule has 2 N–H and O–H groups in total. The van der Waals surface area contributed by atoms with Crippen LogP contribution in [0.2, 0.25) is 0 Å². The summed E-state index contributed by atoms with van der Waals surface area (Å²) in [5.41, 5.74) is 1.01. The number of anilines is 1. The first-order chi connectivity index (χ1) is 14.0. The summed E-state index contributed by atoms with van der Waals surface area (Å²) in [5, 5.41) is 5.75. The molecule has 1 aliphatic rings. The molecule has 1 aromatic heterocycles. The third-order valence-corrected chi connectivity index (χ3v) is 4.88. The Morgan fingerprint density at radius 2 is 2.03 bits per heavy atom. The van der Waals surface area contributed by atoms with Gasteiger partial charge in [0, 0.05) is 55.7 Å². The molecule has 2 amide bonds. The normalized spacial score (nSPS) is 15.4. The highest BCUT2D eigenvalue weighted by molar-refractivity contribution is 5.97. The number of benzene rings is 1. The van der Waals surface area contributed by atoms with Crippen LogP contribution < -0.4 is 10.6 Å². The van der Waals surface area contributed by atoms with Crippen LogP contribution in [0.5, 0.6) is 0 Å². The molecule has 29 heavy (non-hydrogen) atoms. The van der Waals surface area contributed by atoms with Crippen molar-refractivity contribution in [2.75, 3.05) is 25.0 Å². The molecule has 0 bridgehead atoms. The van der Waals surface area contributed by atoms with Gasteiger partial charge in [-0.1, -0.05) is 6.07 Å². The zero-order valence-electron chi connectivity index (χ0n) is 16.1. The number of hydrogen-bond donors (Lipinski definition) is 2. The summed E-state index contributed by atoms with van der Waals surface area (Å²) in [6.07, 6.45) is 4.34. The van der Waals surface area contributed by atoms with Gasteiger partial charge in [-0.25, -0.2) is 13.8 Å². The Kier molecular flexibility index (Phi) is 7.29. The molecule has 1 fully saturated rings. The summed E-state index contributed by atoms with van der Waals surface area (Å²) >= 11 is 0. The smallest absolute Gasteiger partial charge is 0.251 e. The SMILES string of the molecule is O=C(CCn1ccnc1)Nc1cccc(C(=O)NC2CCN(CC(F)F)CC2)c1. The number of carbonyl (C=O) groups is 2. The van der Waals surface area contributed by atoms with E-state index in [9.17, 15) is 18.4 Å². The van der Waals surface area contributed by atoms with Crippen LogP contribution in [0.3, 0.4) is 0 Å². The predicted molar refractivity (Wildman–Crippen MR) is 105 cm³/mol. The van der Waals surface area contributed by atoms with Crippen molar-refractivity contribution in [2.24, 2.45) is 0 Å². The van der Waals surface area contributed by atoms with Crippen molar-refractivity contribution < 1.29 is 18.4 Å². The molecule has 7 nitrogen and oxygen atoms in total. The summed E-state index contributed by atoms with van der Waals surface area (Å²) < 4.78 is 26.7. The Morgan fingerprint density at radius 3 is 2.72 bits per heavy atom. The van der Waals surface area contributed by atoms with Crippen LogP contribution in [0, 0.1) is 0 Å². The van der Waals surface area contributed by atoms with Crippen LogP contribution in [0.25, 0.3) is 0 Å². The number of halogens is 2. The van der Waals surface area contributed by atoms with Crippen molar-refractivity contribution in [1.82, 2.24) is 19.8 Å². The minimum Gasteiger partial charge on any atom is -0.349 e. The number of nitrogens with zero attached hydrogens (tertiary/aromatic N) is 3. The Hall–Kier alpha value is -2.81. The topological polar surface area (TPSA) is 79.3 Å². The van der Waals surface area contributed by atoms with Gasteiger partial charge in [0.25, 0.3) is 12.3 Å². The number of alkyl halides is 2. The Labute approximate surface area is 168 Å². The largest absolute Gasteiger partial charge is 0.349 e. The van der Waals surface area contributed by atoms with E-state index in [2.05, 4.69) is 15.6 Å². The maximum absolute atomic E-state index is 12.5. The van der Waals surface area contributed by atoms with Crippen molar-refractivity contribution in [2.45, 2.75) is 38.3 Å². The molecule has 0 unspecified atom stereocenters. The number of carbonyl (C=O) groups excluding carboxylic acids is 2. The first kappa shape index (κ1) is 20.9. The van der Waals surface area contributed by atoms with Crippen molar-refractivity contribution >= 4 is 17.5 Å². The fourth-order valence-corrected chi connectivity index (χ4v) is 3.34. The zero-order valence-corrected chi connectivity index (χ0v) is 16.1. The number of amides is 2. The van der Waals surface area contributed by atoms with E-state index >= 15 is 0 Å². The van der Waals surface area contributed by atoms with Gasteiger partial charge >= 0.3 is 0 Å². The second kappa shape index (κ2) is 10.1. The minimum atomic E-state index is -2.33. The molecule has 156 valence electrons. The molecule has 0 atom stereocenters. The molecule has 0 saturated carbocycles. The summed E-state index contributed by atoms with van der Waals surface area (Å²) in [6.45, 7) is 1.39. The molecule has 2 heterocycles. The molecule has 1 saturated heterocycles. The van der Waals surface area contributed by atoms with E-state index in [0.717, 1.165) is 0 Å². The number of hydrogen-bond acceptors (Lipinski definition) is 4.